The Morgan fingerprint density at radius 1 is 1.05 bits per heavy atom. The zero-order chi connectivity index (χ0) is 15.7. The summed E-state index contributed by atoms with van der Waals surface area (Å²) in [5.41, 5.74) is 5.61. The Morgan fingerprint density at radius 2 is 1.68 bits per heavy atom. The quantitative estimate of drug-likeness (QED) is 0.595. The number of aryl methyl sites for hydroxylation is 3. The summed E-state index contributed by atoms with van der Waals surface area (Å²) in [4.78, 5) is 11.6. The third-order valence-electron chi connectivity index (χ3n) is 4.23. The lowest BCUT2D eigenvalue weighted by Gasteiger charge is -2.14. The zero-order valence-electron chi connectivity index (χ0n) is 12.3. The van der Waals surface area contributed by atoms with Gasteiger partial charge in [0.05, 0.1) is 12.0 Å². The van der Waals surface area contributed by atoms with Crippen molar-refractivity contribution >= 4 is 5.78 Å². The molecule has 0 spiro atoms. The maximum atomic E-state index is 11.6. The number of hydrogen-bond donors (Lipinski definition) is 0. The molecule has 1 aliphatic carbocycles. The van der Waals surface area contributed by atoms with E-state index in [1.165, 1.54) is 5.56 Å². The van der Waals surface area contributed by atoms with Gasteiger partial charge in [0.25, 0.3) is 5.78 Å². The van der Waals surface area contributed by atoms with Crippen molar-refractivity contribution in [2.45, 2.75) is 25.7 Å². The number of carbonyl (C=O) groups is 1. The van der Waals surface area contributed by atoms with E-state index in [0.29, 0.717) is 5.56 Å². The third-order valence-corrected chi connectivity index (χ3v) is 4.23. The highest BCUT2D eigenvalue weighted by molar-refractivity contribution is 6.07. The Bertz CT molecular complexity index is 853. The van der Waals surface area contributed by atoms with Crippen LogP contribution in [0.5, 0.6) is 0 Å². The first-order chi connectivity index (χ1) is 10.6. The lowest BCUT2D eigenvalue weighted by atomic mass is 9.87. The van der Waals surface area contributed by atoms with Crippen LogP contribution in [0.15, 0.2) is 36.4 Å². The summed E-state index contributed by atoms with van der Waals surface area (Å²) in [5.74, 6) is -0.952. The summed E-state index contributed by atoms with van der Waals surface area (Å²) in [6.45, 7) is 2.01. The van der Waals surface area contributed by atoms with Crippen LogP contribution in [0.4, 0.5) is 0 Å². The van der Waals surface area contributed by atoms with Crippen molar-refractivity contribution in [1.29, 1.82) is 10.5 Å². The number of benzene rings is 2. The molecule has 2 aromatic carbocycles. The lowest BCUT2D eigenvalue weighted by Crippen LogP contribution is -2.04. The smallest absolute Gasteiger partial charge is 0.262 e. The van der Waals surface area contributed by atoms with Gasteiger partial charge in [0, 0.05) is 5.56 Å². The van der Waals surface area contributed by atoms with Gasteiger partial charge in [0.15, 0.2) is 0 Å². The van der Waals surface area contributed by atoms with E-state index in [-0.39, 0.29) is 5.92 Å². The third kappa shape index (κ3) is 2.28. The molecule has 3 nitrogen and oxygen atoms in total. The predicted molar refractivity (Wildman–Crippen MR) is 82.4 cm³/mol. The van der Waals surface area contributed by atoms with Gasteiger partial charge in [-0.1, -0.05) is 29.8 Å². The van der Waals surface area contributed by atoms with Crippen molar-refractivity contribution in [2.24, 2.45) is 0 Å². The number of nitriles is 2. The van der Waals surface area contributed by atoms with E-state index in [1.54, 1.807) is 18.2 Å². The molecule has 0 saturated carbocycles. The number of nitrogens with zero attached hydrogens (tertiary/aromatic N) is 2. The molecule has 1 aliphatic rings. The van der Waals surface area contributed by atoms with Gasteiger partial charge in [-0.05, 0) is 54.2 Å². The fourth-order valence-electron chi connectivity index (χ4n) is 3.08. The lowest BCUT2D eigenvalue weighted by molar-refractivity contribution is 0.105. The minimum Gasteiger partial charge on any atom is -0.277 e. The van der Waals surface area contributed by atoms with Crippen LogP contribution in [0, 0.1) is 29.6 Å². The summed E-state index contributed by atoms with van der Waals surface area (Å²) >= 11 is 0. The minimum atomic E-state index is -0.562. The van der Waals surface area contributed by atoms with Crippen molar-refractivity contribution in [3.8, 4) is 12.1 Å². The molecule has 0 bridgehead atoms. The molecule has 0 heterocycles. The van der Waals surface area contributed by atoms with E-state index >= 15 is 0 Å². The van der Waals surface area contributed by atoms with Crippen molar-refractivity contribution in [1.82, 2.24) is 0 Å². The number of hydrogen-bond acceptors (Lipinski definition) is 3. The van der Waals surface area contributed by atoms with Crippen LogP contribution >= 0.6 is 0 Å². The Morgan fingerprint density at radius 3 is 2.32 bits per heavy atom. The molecule has 0 fully saturated rings. The van der Waals surface area contributed by atoms with Crippen LogP contribution < -0.4 is 0 Å². The fourth-order valence-corrected chi connectivity index (χ4v) is 3.08. The molecule has 0 N–H and O–H groups in total. The number of Topliss-reactive ketones (excluding diaryl/α,β-unsaturated/α-hetero) is 1. The van der Waals surface area contributed by atoms with E-state index in [9.17, 15) is 10.1 Å². The predicted octanol–water partition coefficient (Wildman–Crippen LogP) is 3.46. The maximum absolute atomic E-state index is 11.6. The minimum absolute atomic E-state index is 0.359. The Hall–Kier alpha value is -2.91. The summed E-state index contributed by atoms with van der Waals surface area (Å²) in [7, 11) is 0. The van der Waals surface area contributed by atoms with E-state index in [2.05, 4.69) is 24.3 Å². The standard InChI is InChI=1S/C19H14N2O/c1-12-2-3-13-4-5-14-6-7-15(19(22)11-21)9-17(14)18(10-20)16(13)8-12/h2-3,6-9,18H,4-5H2,1H3. The van der Waals surface area contributed by atoms with Gasteiger partial charge >= 0.3 is 0 Å². The molecule has 3 rings (SSSR count). The van der Waals surface area contributed by atoms with E-state index in [4.69, 9.17) is 5.26 Å². The van der Waals surface area contributed by atoms with Gasteiger partial charge in [0.2, 0.25) is 0 Å². The van der Waals surface area contributed by atoms with Gasteiger partial charge in [-0.2, -0.15) is 10.5 Å². The average molecular weight is 286 g/mol. The topological polar surface area (TPSA) is 64.7 Å². The highest BCUT2D eigenvalue weighted by atomic mass is 16.1. The average Bonchev–Trinajstić information content (AvgIpc) is 2.69. The highest BCUT2D eigenvalue weighted by Gasteiger charge is 2.24. The molecule has 1 unspecified atom stereocenters. The van der Waals surface area contributed by atoms with Crippen molar-refractivity contribution in [3.05, 3.63) is 69.8 Å². The van der Waals surface area contributed by atoms with Gasteiger partial charge in [0.1, 0.15) is 6.07 Å². The number of rotatable bonds is 1. The molecule has 22 heavy (non-hydrogen) atoms. The van der Waals surface area contributed by atoms with Crippen LogP contribution in [0.2, 0.25) is 0 Å². The number of carbonyl (C=O) groups excluding carboxylic acids is 1. The first-order valence-corrected chi connectivity index (χ1v) is 7.20. The van der Waals surface area contributed by atoms with E-state index in [1.807, 2.05) is 13.0 Å². The Kier molecular flexibility index (Phi) is 3.49. The first kappa shape index (κ1) is 14.0. The first-order valence-electron chi connectivity index (χ1n) is 7.20. The Balaban J connectivity index is 2.21. The number of fused-ring (bicyclic) bond motifs is 2. The summed E-state index contributed by atoms with van der Waals surface area (Å²) in [6.07, 6.45) is 1.72. The van der Waals surface area contributed by atoms with E-state index < -0.39 is 5.78 Å². The molecule has 0 aliphatic heterocycles. The molecule has 3 heteroatoms. The molecule has 1 atom stereocenters. The second-order valence-corrected chi connectivity index (χ2v) is 5.62. The normalized spacial score (nSPS) is 15.7. The van der Waals surface area contributed by atoms with Crippen molar-refractivity contribution in [2.75, 3.05) is 0 Å². The molecule has 0 saturated heterocycles. The van der Waals surface area contributed by atoms with Crippen LogP contribution in [0.1, 0.15) is 44.1 Å². The molecular weight excluding hydrogens is 272 g/mol. The molecule has 0 aromatic heterocycles. The summed E-state index contributed by atoms with van der Waals surface area (Å²) < 4.78 is 0. The monoisotopic (exact) mass is 286 g/mol. The second kappa shape index (κ2) is 5.47. The molecule has 106 valence electrons. The maximum Gasteiger partial charge on any atom is 0.262 e. The van der Waals surface area contributed by atoms with Crippen LogP contribution in [-0.4, -0.2) is 5.78 Å². The van der Waals surface area contributed by atoms with Crippen LogP contribution in [0.25, 0.3) is 0 Å². The largest absolute Gasteiger partial charge is 0.277 e. The van der Waals surface area contributed by atoms with Crippen LogP contribution in [-0.2, 0) is 12.8 Å². The second-order valence-electron chi connectivity index (χ2n) is 5.62. The van der Waals surface area contributed by atoms with Gasteiger partial charge in [-0.25, -0.2) is 0 Å². The zero-order valence-corrected chi connectivity index (χ0v) is 12.3. The van der Waals surface area contributed by atoms with Crippen molar-refractivity contribution < 1.29 is 4.79 Å². The van der Waals surface area contributed by atoms with Crippen molar-refractivity contribution in [3.63, 3.8) is 0 Å². The van der Waals surface area contributed by atoms with Crippen LogP contribution in [0.3, 0.4) is 0 Å². The molecule has 0 amide bonds. The summed E-state index contributed by atoms with van der Waals surface area (Å²) in [6, 6.07) is 15.5. The summed E-state index contributed by atoms with van der Waals surface area (Å²) in [5, 5.41) is 18.5. The molecular formula is C19H14N2O. The number of ketones is 1. The molecule has 2 aromatic rings. The van der Waals surface area contributed by atoms with Gasteiger partial charge in [-0.15, -0.1) is 0 Å². The Labute approximate surface area is 129 Å². The highest BCUT2D eigenvalue weighted by Crippen LogP contribution is 2.35. The van der Waals surface area contributed by atoms with Gasteiger partial charge in [-0.3, -0.25) is 4.79 Å². The van der Waals surface area contributed by atoms with Gasteiger partial charge < -0.3 is 0 Å². The molecule has 0 radical (unpaired) electrons. The van der Waals surface area contributed by atoms with E-state index in [0.717, 1.165) is 35.1 Å². The SMILES string of the molecule is Cc1ccc2c(c1)C(C#N)c1cc(C(=O)C#N)ccc1CC2. The fraction of sp³-hybridized carbons (Fsp3) is 0.211.